The van der Waals surface area contributed by atoms with Crippen molar-refractivity contribution in [1.82, 2.24) is 5.43 Å². The fraction of sp³-hybridized carbons (Fsp3) is 0.192. The molecule has 6 nitrogen and oxygen atoms in total. The van der Waals surface area contributed by atoms with Gasteiger partial charge in [-0.25, -0.2) is 5.43 Å². The number of carbonyl (C=O) groups excluding carboxylic acids is 2. The summed E-state index contributed by atoms with van der Waals surface area (Å²) in [5.41, 5.74) is 6.96. The third-order valence-electron chi connectivity index (χ3n) is 4.86. The predicted molar refractivity (Wildman–Crippen MR) is 132 cm³/mol. The lowest BCUT2D eigenvalue weighted by Gasteiger charge is -2.09. The molecule has 7 heteroatoms. The summed E-state index contributed by atoms with van der Waals surface area (Å²) in [5.74, 6) is 0.0255. The molecule has 0 heterocycles. The van der Waals surface area contributed by atoms with Gasteiger partial charge in [-0.2, -0.15) is 5.10 Å². The van der Waals surface area contributed by atoms with Crippen LogP contribution < -0.4 is 15.5 Å². The molecule has 0 aliphatic heterocycles. The molecule has 3 aromatic rings. The smallest absolute Gasteiger partial charge is 0.240 e. The van der Waals surface area contributed by atoms with Crippen molar-refractivity contribution in [2.75, 3.05) is 5.32 Å². The Morgan fingerprint density at radius 2 is 1.70 bits per heavy atom. The molecule has 0 aromatic heterocycles. The number of para-hydroxylation sites is 1. The second-order valence-electron chi connectivity index (χ2n) is 7.62. The fourth-order valence-electron chi connectivity index (χ4n) is 2.91. The van der Waals surface area contributed by atoms with Crippen molar-refractivity contribution < 1.29 is 14.3 Å². The van der Waals surface area contributed by atoms with Gasteiger partial charge in [0.05, 0.1) is 6.21 Å². The van der Waals surface area contributed by atoms with Gasteiger partial charge in [0.2, 0.25) is 11.8 Å². The highest BCUT2D eigenvalue weighted by Gasteiger charge is 2.08. The van der Waals surface area contributed by atoms with Crippen molar-refractivity contribution in [3.05, 3.63) is 94.0 Å². The van der Waals surface area contributed by atoms with Crippen LogP contribution in [0.5, 0.6) is 5.75 Å². The second kappa shape index (κ2) is 11.8. The van der Waals surface area contributed by atoms with Gasteiger partial charge in [-0.15, -0.1) is 0 Å². The highest BCUT2D eigenvalue weighted by molar-refractivity contribution is 6.31. The lowest BCUT2D eigenvalue weighted by Crippen LogP contribution is -2.20. The molecule has 0 atom stereocenters. The van der Waals surface area contributed by atoms with Gasteiger partial charge in [0.25, 0.3) is 0 Å². The zero-order valence-corrected chi connectivity index (χ0v) is 19.4. The molecule has 0 unspecified atom stereocenters. The lowest BCUT2D eigenvalue weighted by molar-refractivity contribution is -0.124. The maximum Gasteiger partial charge on any atom is 0.240 e. The summed E-state index contributed by atoms with van der Waals surface area (Å²) in [6.45, 7) is 4.35. The van der Waals surface area contributed by atoms with E-state index in [2.05, 4.69) is 15.8 Å². The number of carbonyl (C=O) groups is 2. The summed E-state index contributed by atoms with van der Waals surface area (Å²) in [6, 6.07) is 20.8. The molecule has 0 radical (unpaired) electrons. The third-order valence-corrected chi connectivity index (χ3v) is 5.27. The Morgan fingerprint density at radius 1 is 0.970 bits per heavy atom. The Morgan fingerprint density at radius 3 is 2.45 bits per heavy atom. The van der Waals surface area contributed by atoms with Gasteiger partial charge in [-0.3, -0.25) is 9.59 Å². The van der Waals surface area contributed by atoms with Gasteiger partial charge in [0, 0.05) is 29.1 Å². The Hall–Kier alpha value is -3.64. The molecule has 170 valence electrons. The van der Waals surface area contributed by atoms with E-state index in [-0.39, 0.29) is 24.7 Å². The van der Waals surface area contributed by atoms with E-state index in [4.69, 9.17) is 16.3 Å². The quantitative estimate of drug-likeness (QED) is 0.329. The predicted octanol–water partition coefficient (Wildman–Crippen LogP) is 5.40. The number of nitrogens with one attached hydrogen (secondary N) is 2. The molecule has 2 N–H and O–H groups in total. The lowest BCUT2D eigenvalue weighted by atomic mass is 10.1. The highest BCUT2D eigenvalue weighted by atomic mass is 35.5. The third kappa shape index (κ3) is 7.77. The van der Waals surface area contributed by atoms with E-state index in [0.29, 0.717) is 23.1 Å². The highest BCUT2D eigenvalue weighted by Crippen LogP contribution is 2.20. The number of amides is 2. The van der Waals surface area contributed by atoms with Crippen molar-refractivity contribution in [1.29, 1.82) is 0 Å². The normalized spacial score (nSPS) is 10.8. The van der Waals surface area contributed by atoms with Crippen molar-refractivity contribution in [3.8, 4) is 5.75 Å². The molecule has 0 saturated carbocycles. The first kappa shape index (κ1) is 24.0. The monoisotopic (exact) mass is 463 g/mol. The number of aryl methyl sites for hydroxylation is 2. The van der Waals surface area contributed by atoms with Crippen LogP contribution in [-0.2, 0) is 16.2 Å². The zero-order valence-electron chi connectivity index (χ0n) is 18.6. The topological polar surface area (TPSA) is 79.8 Å². The summed E-state index contributed by atoms with van der Waals surface area (Å²) in [7, 11) is 0. The van der Waals surface area contributed by atoms with Crippen LogP contribution in [-0.4, -0.2) is 18.0 Å². The molecule has 2 amide bonds. The molecule has 33 heavy (non-hydrogen) atoms. The second-order valence-corrected chi connectivity index (χ2v) is 8.02. The van der Waals surface area contributed by atoms with Crippen LogP contribution in [0, 0.1) is 13.8 Å². The Kier molecular flexibility index (Phi) is 8.61. The minimum Gasteiger partial charge on any atom is -0.488 e. The SMILES string of the molecule is Cc1ccc(COc2ccccc2C=NNC(=O)CCC(=O)Nc2ccc(C)c(Cl)c2)cc1. The van der Waals surface area contributed by atoms with Crippen LogP contribution in [0.3, 0.4) is 0 Å². The summed E-state index contributed by atoms with van der Waals surface area (Å²) in [5, 5.41) is 7.30. The summed E-state index contributed by atoms with van der Waals surface area (Å²) < 4.78 is 5.91. The number of ether oxygens (including phenoxy) is 1. The van der Waals surface area contributed by atoms with E-state index in [1.54, 1.807) is 12.1 Å². The van der Waals surface area contributed by atoms with Crippen molar-refractivity contribution >= 4 is 35.3 Å². The molecule has 0 bridgehead atoms. The molecule has 0 aliphatic carbocycles. The van der Waals surface area contributed by atoms with Crippen LogP contribution in [0.15, 0.2) is 71.8 Å². The number of hydrogen-bond acceptors (Lipinski definition) is 4. The molecular formula is C26H26ClN3O3. The van der Waals surface area contributed by atoms with Gasteiger partial charge in [0.15, 0.2) is 0 Å². The Labute approximate surface area is 198 Å². The fourth-order valence-corrected chi connectivity index (χ4v) is 3.10. The number of hydrogen-bond donors (Lipinski definition) is 2. The number of rotatable bonds is 9. The standard InChI is InChI=1S/C26H26ClN3O3/c1-18-7-10-20(11-8-18)17-33-24-6-4-3-5-21(24)16-28-30-26(32)14-13-25(31)29-22-12-9-19(2)23(27)15-22/h3-12,15-16H,13-14,17H2,1-2H3,(H,29,31)(H,30,32). The van der Waals surface area contributed by atoms with Crippen molar-refractivity contribution in [3.63, 3.8) is 0 Å². The number of nitrogens with zero attached hydrogens (tertiary/aromatic N) is 1. The molecule has 0 fully saturated rings. The van der Waals surface area contributed by atoms with E-state index in [9.17, 15) is 9.59 Å². The van der Waals surface area contributed by atoms with Crippen molar-refractivity contribution in [2.45, 2.75) is 33.3 Å². The average Bonchev–Trinajstić information content (AvgIpc) is 2.80. The number of benzene rings is 3. The molecule has 3 aromatic carbocycles. The number of halogens is 1. The Balaban J connectivity index is 1.46. The van der Waals surface area contributed by atoms with Crippen LogP contribution in [0.25, 0.3) is 0 Å². The van der Waals surface area contributed by atoms with E-state index < -0.39 is 0 Å². The van der Waals surface area contributed by atoms with Gasteiger partial charge >= 0.3 is 0 Å². The number of anilines is 1. The minimum absolute atomic E-state index is 0.00827. The molecule has 3 rings (SSSR count). The van der Waals surface area contributed by atoms with E-state index in [1.165, 1.54) is 11.8 Å². The average molecular weight is 464 g/mol. The number of hydrazone groups is 1. The first-order chi connectivity index (χ1) is 15.9. The first-order valence-corrected chi connectivity index (χ1v) is 10.9. The van der Waals surface area contributed by atoms with Crippen LogP contribution in [0.2, 0.25) is 5.02 Å². The van der Waals surface area contributed by atoms with Gasteiger partial charge in [-0.05, 0) is 49.2 Å². The van der Waals surface area contributed by atoms with Gasteiger partial charge < -0.3 is 10.1 Å². The summed E-state index contributed by atoms with van der Waals surface area (Å²) >= 11 is 6.06. The van der Waals surface area contributed by atoms with Gasteiger partial charge in [0.1, 0.15) is 12.4 Å². The van der Waals surface area contributed by atoms with Crippen LogP contribution in [0.1, 0.15) is 35.1 Å². The maximum atomic E-state index is 12.1. The maximum absolute atomic E-state index is 12.1. The molecule has 0 saturated heterocycles. The largest absolute Gasteiger partial charge is 0.488 e. The minimum atomic E-state index is -0.360. The van der Waals surface area contributed by atoms with Gasteiger partial charge in [-0.1, -0.05) is 59.6 Å². The van der Waals surface area contributed by atoms with E-state index in [1.807, 2.05) is 68.4 Å². The summed E-state index contributed by atoms with van der Waals surface area (Å²) in [4.78, 5) is 24.1. The van der Waals surface area contributed by atoms with E-state index in [0.717, 1.165) is 16.7 Å². The molecule has 0 spiro atoms. The van der Waals surface area contributed by atoms with Crippen molar-refractivity contribution in [2.24, 2.45) is 5.10 Å². The Bertz CT molecular complexity index is 1140. The molecular weight excluding hydrogens is 438 g/mol. The van der Waals surface area contributed by atoms with Crippen LogP contribution in [0.4, 0.5) is 5.69 Å². The first-order valence-electron chi connectivity index (χ1n) is 10.6. The molecule has 0 aliphatic rings. The van der Waals surface area contributed by atoms with E-state index >= 15 is 0 Å². The van der Waals surface area contributed by atoms with Crippen LogP contribution >= 0.6 is 11.6 Å². The zero-order chi connectivity index (χ0) is 23.6. The summed E-state index contributed by atoms with van der Waals surface area (Å²) in [6.07, 6.45) is 1.56.